The van der Waals surface area contributed by atoms with Gasteiger partial charge in [0.05, 0.1) is 18.8 Å². The van der Waals surface area contributed by atoms with E-state index in [1.807, 2.05) is 24.3 Å². The van der Waals surface area contributed by atoms with Crippen LogP contribution in [0.4, 0.5) is 0 Å². The molecule has 1 saturated heterocycles. The van der Waals surface area contributed by atoms with Crippen LogP contribution in [0.15, 0.2) is 24.3 Å². The summed E-state index contributed by atoms with van der Waals surface area (Å²) in [6.45, 7) is 2.52. The molecule has 1 aromatic rings. The second kappa shape index (κ2) is 6.44. The van der Waals surface area contributed by atoms with E-state index in [-0.39, 0.29) is 12.2 Å². The molecule has 3 nitrogen and oxygen atoms in total. The van der Waals surface area contributed by atoms with Gasteiger partial charge in [0.1, 0.15) is 0 Å². The van der Waals surface area contributed by atoms with Gasteiger partial charge in [-0.3, -0.25) is 4.90 Å². The van der Waals surface area contributed by atoms with Gasteiger partial charge in [-0.15, -0.1) is 0 Å². The summed E-state index contributed by atoms with van der Waals surface area (Å²) in [7, 11) is 0. The fourth-order valence-corrected chi connectivity index (χ4v) is 3.49. The molecule has 1 heterocycles. The van der Waals surface area contributed by atoms with Crippen LogP contribution in [-0.4, -0.2) is 41.8 Å². The van der Waals surface area contributed by atoms with Gasteiger partial charge < -0.3 is 9.84 Å². The molecule has 110 valence electrons. The van der Waals surface area contributed by atoms with Crippen molar-refractivity contribution in [3.63, 3.8) is 0 Å². The van der Waals surface area contributed by atoms with Gasteiger partial charge in [-0.2, -0.15) is 0 Å². The van der Waals surface area contributed by atoms with Crippen LogP contribution in [0.1, 0.15) is 37.4 Å². The number of nitrogens with zero attached hydrogens (tertiary/aromatic N) is 1. The van der Waals surface area contributed by atoms with E-state index in [1.54, 1.807) is 0 Å². The normalized spacial score (nSPS) is 32.2. The number of halogens is 1. The molecule has 1 N–H and O–H groups in total. The highest BCUT2D eigenvalue weighted by Crippen LogP contribution is 2.29. The summed E-state index contributed by atoms with van der Waals surface area (Å²) < 4.78 is 5.89. The minimum atomic E-state index is -0.173. The third kappa shape index (κ3) is 3.17. The Hall–Kier alpha value is -0.610. The van der Waals surface area contributed by atoms with Gasteiger partial charge >= 0.3 is 0 Å². The predicted octanol–water partition coefficient (Wildman–Crippen LogP) is 3.02. The quantitative estimate of drug-likeness (QED) is 0.910. The van der Waals surface area contributed by atoms with Gasteiger partial charge in [0.15, 0.2) is 0 Å². The lowest BCUT2D eigenvalue weighted by atomic mass is 9.90. The van der Waals surface area contributed by atoms with Crippen molar-refractivity contribution in [3.05, 3.63) is 34.9 Å². The second-order valence-electron chi connectivity index (χ2n) is 5.83. The number of morpholine rings is 1. The number of hydrogen-bond acceptors (Lipinski definition) is 3. The number of rotatable bonds is 2. The lowest BCUT2D eigenvalue weighted by molar-refractivity contribution is -0.0748. The predicted molar refractivity (Wildman–Crippen MR) is 80.0 cm³/mol. The van der Waals surface area contributed by atoms with Crippen molar-refractivity contribution in [1.29, 1.82) is 0 Å². The highest BCUT2D eigenvalue weighted by molar-refractivity contribution is 6.30. The number of hydrogen-bond donors (Lipinski definition) is 1. The zero-order valence-corrected chi connectivity index (χ0v) is 12.4. The summed E-state index contributed by atoms with van der Waals surface area (Å²) in [6.07, 6.45) is 4.35. The van der Waals surface area contributed by atoms with Gasteiger partial charge in [0, 0.05) is 24.2 Å². The number of benzene rings is 1. The summed E-state index contributed by atoms with van der Waals surface area (Å²) in [5, 5.41) is 11.0. The van der Waals surface area contributed by atoms with Crippen molar-refractivity contribution in [2.75, 3.05) is 19.7 Å². The Bertz CT molecular complexity index is 437. The molecule has 2 aliphatic rings. The summed E-state index contributed by atoms with van der Waals surface area (Å²) >= 11 is 5.94. The van der Waals surface area contributed by atoms with Gasteiger partial charge in [-0.25, -0.2) is 0 Å². The first-order valence-electron chi connectivity index (χ1n) is 7.53. The Kier molecular flexibility index (Phi) is 4.61. The molecule has 0 bridgehead atoms. The topological polar surface area (TPSA) is 32.7 Å². The van der Waals surface area contributed by atoms with Crippen molar-refractivity contribution in [3.8, 4) is 0 Å². The summed E-state index contributed by atoms with van der Waals surface area (Å²) in [5.41, 5.74) is 1.17. The molecule has 0 radical (unpaired) electrons. The molecule has 1 aliphatic carbocycles. The minimum Gasteiger partial charge on any atom is -0.391 e. The molecule has 1 saturated carbocycles. The Morgan fingerprint density at radius 2 is 1.90 bits per heavy atom. The average Bonchev–Trinajstić information content (AvgIpc) is 2.49. The molecule has 1 aliphatic heterocycles. The van der Waals surface area contributed by atoms with E-state index in [1.165, 1.54) is 12.0 Å². The Morgan fingerprint density at radius 3 is 2.65 bits per heavy atom. The molecular weight excluding hydrogens is 274 g/mol. The lowest BCUT2D eigenvalue weighted by Crippen LogP contribution is -2.50. The van der Waals surface area contributed by atoms with Crippen molar-refractivity contribution in [2.45, 2.75) is 43.9 Å². The fraction of sp³-hybridized carbons (Fsp3) is 0.625. The zero-order chi connectivity index (χ0) is 13.9. The molecular formula is C16H22ClNO2. The molecule has 3 rings (SSSR count). The molecule has 3 atom stereocenters. The first-order valence-corrected chi connectivity index (χ1v) is 7.91. The van der Waals surface area contributed by atoms with Crippen molar-refractivity contribution in [2.24, 2.45) is 0 Å². The first kappa shape index (κ1) is 14.3. The van der Waals surface area contributed by atoms with Crippen LogP contribution in [0.5, 0.6) is 0 Å². The number of aliphatic hydroxyl groups is 1. The Balaban J connectivity index is 1.68. The fourth-order valence-electron chi connectivity index (χ4n) is 3.37. The Morgan fingerprint density at radius 1 is 1.15 bits per heavy atom. The summed E-state index contributed by atoms with van der Waals surface area (Å²) in [5.74, 6) is 0. The van der Waals surface area contributed by atoms with Crippen molar-refractivity contribution >= 4 is 11.6 Å². The van der Waals surface area contributed by atoms with Crippen LogP contribution in [0, 0.1) is 0 Å². The van der Waals surface area contributed by atoms with E-state index >= 15 is 0 Å². The summed E-state index contributed by atoms with van der Waals surface area (Å²) in [6, 6.07) is 8.20. The van der Waals surface area contributed by atoms with E-state index in [4.69, 9.17) is 16.3 Å². The minimum absolute atomic E-state index is 0.0927. The standard InChI is InChI=1S/C16H22ClNO2/c17-13-7-5-12(6-8-13)16-11-18(9-10-20-16)14-3-1-2-4-15(14)19/h5-8,14-16,19H,1-4,9-11H2. The van der Waals surface area contributed by atoms with Crippen LogP contribution in [-0.2, 0) is 4.74 Å². The smallest absolute Gasteiger partial charge is 0.0952 e. The summed E-state index contributed by atoms with van der Waals surface area (Å²) in [4.78, 5) is 2.41. The van der Waals surface area contributed by atoms with E-state index in [0.29, 0.717) is 6.04 Å². The lowest BCUT2D eigenvalue weighted by Gasteiger charge is -2.42. The SMILES string of the molecule is OC1CCCCC1N1CCOC(c2ccc(Cl)cc2)C1. The van der Waals surface area contributed by atoms with E-state index in [0.717, 1.165) is 44.0 Å². The molecule has 0 spiro atoms. The molecule has 3 unspecified atom stereocenters. The van der Waals surface area contributed by atoms with Crippen LogP contribution in [0.25, 0.3) is 0 Å². The van der Waals surface area contributed by atoms with E-state index in [9.17, 15) is 5.11 Å². The van der Waals surface area contributed by atoms with Crippen molar-refractivity contribution < 1.29 is 9.84 Å². The zero-order valence-electron chi connectivity index (χ0n) is 11.7. The maximum absolute atomic E-state index is 10.2. The largest absolute Gasteiger partial charge is 0.391 e. The second-order valence-corrected chi connectivity index (χ2v) is 6.26. The van der Waals surface area contributed by atoms with Crippen LogP contribution < -0.4 is 0 Å². The van der Waals surface area contributed by atoms with Crippen LogP contribution in [0.3, 0.4) is 0 Å². The van der Waals surface area contributed by atoms with Crippen molar-refractivity contribution in [1.82, 2.24) is 4.90 Å². The average molecular weight is 296 g/mol. The maximum atomic E-state index is 10.2. The number of aliphatic hydroxyl groups excluding tert-OH is 1. The highest BCUT2D eigenvalue weighted by Gasteiger charge is 2.32. The number of ether oxygens (including phenoxy) is 1. The van der Waals surface area contributed by atoms with Gasteiger partial charge in [-0.1, -0.05) is 36.6 Å². The third-order valence-corrected chi connectivity index (χ3v) is 4.75. The molecule has 20 heavy (non-hydrogen) atoms. The van der Waals surface area contributed by atoms with Crippen LogP contribution in [0.2, 0.25) is 5.02 Å². The first-order chi connectivity index (χ1) is 9.74. The van der Waals surface area contributed by atoms with Gasteiger partial charge in [-0.05, 0) is 30.5 Å². The molecule has 4 heteroatoms. The van der Waals surface area contributed by atoms with Gasteiger partial charge in [0.2, 0.25) is 0 Å². The van der Waals surface area contributed by atoms with Crippen LogP contribution >= 0.6 is 11.6 Å². The van der Waals surface area contributed by atoms with E-state index in [2.05, 4.69) is 4.90 Å². The maximum Gasteiger partial charge on any atom is 0.0952 e. The molecule has 2 fully saturated rings. The Labute approximate surface area is 125 Å². The molecule has 1 aromatic carbocycles. The van der Waals surface area contributed by atoms with E-state index < -0.39 is 0 Å². The molecule has 0 aromatic heterocycles. The van der Waals surface area contributed by atoms with Gasteiger partial charge in [0.25, 0.3) is 0 Å². The molecule has 0 amide bonds. The third-order valence-electron chi connectivity index (χ3n) is 4.50. The monoisotopic (exact) mass is 295 g/mol. The highest BCUT2D eigenvalue weighted by atomic mass is 35.5.